The number of allylic oxidation sites excluding steroid dienone is 1. The van der Waals surface area contributed by atoms with Crippen molar-refractivity contribution in [1.29, 1.82) is 0 Å². The average Bonchev–Trinajstić information content (AvgIpc) is 3.51. The fraction of sp³-hybridized carbons (Fsp3) is 0.594. The van der Waals surface area contributed by atoms with Gasteiger partial charge >= 0.3 is 18.0 Å². The van der Waals surface area contributed by atoms with E-state index in [1.54, 1.807) is 27.7 Å². The number of nitro groups is 1. The van der Waals surface area contributed by atoms with Crippen molar-refractivity contribution in [3.05, 3.63) is 52.1 Å². The lowest BCUT2D eigenvalue weighted by atomic mass is 10.0. The lowest BCUT2D eigenvalue weighted by Crippen LogP contribution is -2.56. The van der Waals surface area contributed by atoms with Crippen LogP contribution in [-0.2, 0) is 28.6 Å². The zero-order valence-corrected chi connectivity index (χ0v) is 26.6. The fourth-order valence-electron chi connectivity index (χ4n) is 5.78. The van der Waals surface area contributed by atoms with E-state index in [9.17, 15) is 34.1 Å². The van der Waals surface area contributed by atoms with Gasteiger partial charge in [-0.05, 0) is 65.5 Å². The number of ether oxygens (including phenoxy) is 3. The predicted octanol–water partition coefficient (Wildman–Crippen LogP) is 3.57. The maximum atomic E-state index is 14.1. The molecule has 0 aromatic heterocycles. The van der Waals surface area contributed by atoms with E-state index in [1.165, 1.54) is 29.2 Å². The van der Waals surface area contributed by atoms with E-state index in [0.29, 0.717) is 12.8 Å². The maximum Gasteiger partial charge on any atom is 0.408 e. The normalized spacial score (nSPS) is 27.4. The summed E-state index contributed by atoms with van der Waals surface area (Å²) in [5.41, 5.74) is -2.23. The Hall–Kier alpha value is -4.49. The third kappa shape index (κ3) is 8.40. The summed E-state index contributed by atoms with van der Waals surface area (Å²) >= 11 is 0. The second kappa shape index (κ2) is 14.3. The molecule has 1 aromatic carbocycles. The van der Waals surface area contributed by atoms with Crippen LogP contribution in [0.5, 0.6) is 0 Å². The SMILES string of the molecule is CCOC(=O)[C@@]12C[C@H]1/C=C\CCCCC[C@H](NC(=O)OC(C)(C)C)C(=O)N1C[C@@H](OC(=O)c3ccc([N+](=O)[O-])cc3)C[C@H]1C(=O)N2. The van der Waals surface area contributed by atoms with Gasteiger partial charge in [-0.25, -0.2) is 14.4 Å². The number of amides is 3. The first-order chi connectivity index (χ1) is 21.7. The molecule has 3 amide bonds. The quantitative estimate of drug-likeness (QED) is 0.153. The van der Waals surface area contributed by atoms with Crippen LogP contribution >= 0.6 is 0 Å². The first kappa shape index (κ1) is 34.4. The van der Waals surface area contributed by atoms with Crippen LogP contribution in [0.15, 0.2) is 36.4 Å². The summed E-state index contributed by atoms with van der Waals surface area (Å²) in [7, 11) is 0. The van der Waals surface area contributed by atoms with Crippen LogP contribution in [0.3, 0.4) is 0 Å². The van der Waals surface area contributed by atoms with Crippen LogP contribution in [0.25, 0.3) is 0 Å². The third-order valence-corrected chi connectivity index (χ3v) is 8.16. The Kier molecular flexibility index (Phi) is 10.7. The second-order valence-corrected chi connectivity index (χ2v) is 12.8. The zero-order chi connectivity index (χ0) is 33.6. The summed E-state index contributed by atoms with van der Waals surface area (Å²) < 4.78 is 16.4. The molecule has 14 nitrogen and oxygen atoms in total. The van der Waals surface area contributed by atoms with Gasteiger partial charge in [0.2, 0.25) is 11.8 Å². The first-order valence-electron chi connectivity index (χ1n) is 15.7. The van der Waals surface area contributed by atoms with Crippen molar-refractivity contribution in [3.8, 4) is 0 Å². The van der Waals surface area contributed by atoms with Crippen LogP contribution < -0.4 is 10.6 Å². The summed E-state index contributed by atoms with van der Waals surface area (Å²) in [5.74, 6) is -2.79. The minimum Gasteiger partial charge on any atom is -0.464 e. The number of non-ortho nitro benzene ring substituents is 1. The number of hydrogen-bond donors (Lipinski definition) is 2. The molecule has 4 rings (SSSR count). The Morgan fingerprint density at radius 3 is 2.50 bits per heavy atom. The summed E-state index contributed by atoms with van der Waals surface area (Å²) in [6, 6.07) is 2.71. The van der Waals surface area contributed by atoms with Crippen molar-refractivity contribution in [3.63, 3.8) is 0 Å². The molecular weight excluding hydrogens is 600 g/mol. The second-order valence-electron chi connectivity index (χ2n) is 12.8. The van der Waals surface area contributed by atoms with Crippen LogP contribution in [0.4, 0.5) is 10.5 Å². The molecule has 0 radical (unpaired) electrons. The molecule has 3 aliphatic rings. The van der Waals surface area contributed by atoms with Crippen LogP contribution in [0.2, 0.25) is 0 Å². The number of nitrogens with one attached hydrogen (secondary N) is 2. The van der Waals surface area contributed by atoms with Crippen molar-refractivity contribution in [2.45, 2.75) is 102 Å². The topological polar surface area (TPSA) is 183 Å². The van der Waals surface area contributed by atoms with E-state index in [4.69, 9.17) is 14.2 Å². The molecule has 0 unspecified atom stereocenters. The van der Waals surface area contributed by atoms with Crippen LogP contribution in [0.1, 0.15) is 83.0 Å². The van der Waals surface area contributed by atoms with Gasteiger partial charge in [0.1, 0.15) is 29.3 Å². The lowest BCUT2D eigenvalue weighted by Gasteiger charge is -2.30. The molecule has 46 heavy (non-hydrogen) atoms. The lowest BCUT2D eigenvalue weighted by molar-refractivity contribution is -0.384. The van der Waals surface area contributed by atoms with Gasteiger partial charge in [-0.1, -0.05) is 25.0 Å². The molecule has 2 fully saturated rings. The molecule has 2 N–H and O–H groups in total. The average molecular weight is 643 g/mol. The highest BCUT2D eigenvalue weighted by Crippen LogP contribution is 2.46. The van der Waals surface area contributed by atoms with E-state index in [2.05, 4.69) is 10.6 Å². The number of alkyl carbamates (subject to hydrolysis) is 1. The summed E-state index contributed by atoms with van der Waals surface area (Å²) in [5, 5.41) is 16.5. The van der Waals surface area contributed by atoms with Gasteiger partial charge in [0.15, 0.2) is 0 Å². The Balaban J connectivity index is 1.61. The van der Waals surface area contributed by atoms with Crippen LogP contribution in [-0.4, -0.2) is 82.1 Å². The Labute approximate surface area is 267 Å². The Bertz CT molecular complexity index is 1370. The highest BCUT2D eigenvalue weighted by Gasteiger charge is 2.62. The largest absolute Gasteiger partial charge is 0.464 e. The molecule has 0 spiro atoms. The first-order valence-corrected chi connectivity index (χ1v) is 15.7. The Morgan fingerprint density at radius 1 is 1.13 bits per heavy atom. The van der Waals surface area contributed by atoms with Gasteiger partial charge in [0, 0.05) is 24.5 Å². The number of esters is 2. The molecule has 1 aromatic rings. The summed E-state index contributed by atoms with van der Waals surface area (Å²) in [6.07, 6.45) is 5.70. The number of hydrogen-bond acceptors (Lipinski definition) is 10. The van der Waals surface area contributed by atoms with Crippen molar-refractivity contribution >= 4 is 35.5 Å². The Morgan fingerprint density at radius 2 is 1.85 bits per heavy atom. The summed E-state index contributed by atoms with van der Waals surface area (Å²) in [6.45, 7) is 6.75. The van der Waals surface area contributed by atoms with Crippen LogP contribution in [0, 0.1) is 16.0 Å². The van der Waals surface area contributed by atoms with Gasteiger partial charge in [-0.3, -0.25) is 19.7 Å². The van der Waals surface area contributed by atoms with Crippen molar-refractivity contribution < 1.29 is 43.1 Å². The smallest absolute Gasteiger partial charge is 0.408 e. The van der Waals surface area contributed by atoms with Crippen molar-refractivity contribution in [1.82, 2.24) is 15.5 Å². The number of rotatable bonds is 6. The number of nitro benzene ring substituents is 1. The number of carbonyl (C=O) groups is 5. The standard InChI is InChI=1S/C32H42N4O10/c1-5-44-29(40)32-18-21(32)11-9-7-6-8-10-12-24(33-30(41)46-31(2,3)4)27(38)35-19-23(17-25(35)26(37)34-32)45-28(39)20-13-15-22(16-14-20)36(42)43/h9,11,13-16,21,23-25H,5-8,10,12,17-19H2,1-4H3,(H,33,41)(H,34,37)/b11-9-/t21-,23+,24+,25+,32-/m1/s1. The van der Waals surface area contributed by atoms with Gasteiger partial charge in [-0.15, -0.1) is 0 Å². The molecule has 1 saturated carbocycles. The molecule has 2 aliphatic heterocycles. The van der Waals surface area contributed by atoms with Gasteiger partial charge in [0.05, 0.1) is 23.6 Å². The van der Waals surface area contributed by atoms with Gasteiger partial charge in [0.25, 0.3) is 5.69 Å². The van der Waals surface area contributed by atoms with E-state index in [1.807, 2.05) is 12.2 Å². The molecule has 14 heteroatoms. The number of benzene rings is 1. The minimum absolute atomic E-state index is 0.0594. The predicted molar refractivity (Wildman–Crippen MR) is 163 cm³/mol. The summed E-state index contributed by atoms with van der Waals surface area (Å²) in [4.78, 5) is 78.5. The maximum absolute atomic E-state index is 14.1. The molecule has 2 heterocycles. The monoisotopic (exact) mass is 642 g/mol. The van der Waals surface area contributed by atoms with E-state index in [-0.39, 0.29) is 43.2 Å². The van der Waals surface area contributed by atoms with E-state index in [0.717, 1.165) is 19.3 Å². The third-order valence-electron chi connectivity index (χ3n) is 8.16. The molecule has 1 saturated heterocycles. The molecule has 250 valence electrons. The number of carbonyl (C=O) groups excluding carboxylic acids is 5. The van der Waals surface area contributed by atoms with Gasteiger partial charge < -0.3 is 29.7 Å². The molecule has 5 atom stereocenters. The molecule has 0 bridgehead atoms. The highest BCUT2D eigenvalue weighted by atomic mass is 16.6. The van der Waals surface area contributed by atoms with Crippen molar-refractivity contribution in [2.24, 2.45) is 5.92 Å². The fourth-order valence-corrected chi connectivity index (χ4v) is 5.78. The molecular formula is C32H42N4O10. The van der Waals surface area contributed by atoms with Crippen molar-refractivity contribution in [2.75, 3.05) is 13.2 Å². The molecule has 1 aliphatic carbocycles. The minimum atomic E-state index is -1.28. The number of nitrogens with zero attached hydrogens (tertiary/aromatic N) is 2. The van der Waals surface area contributed by atoms with E-state index >= 15 is 0 Å². The van der Waals surface area contributed by atoms with E-state index < -0.39 is 64.1 Å². The highest BCUT2D eigenvalue weighted by molar-refractivity contribution is 5.97. The zero-order valence-electron chi connectivity index (χ0n) is 26.6. The van der Waals surface area contributed by atoms with Gasteiger partial charge in [-0.2, -0.15) is 0 Å². The number of fused-ring (bicyclic) bond motifs is 2.